The summed E-state index contributed by atoms with van der Waals surface area (Å²) < 4.78 is 29.9. The van der Waals surface area contributed by atoms with Crippen LogP contribution in [0.5, 0.6) is 11.5 Å². The van der Waals surface area contributed by atoms with Gasteiger partial charge in [-0.05, 0) is 43.2 Å². The van der Waals surface area contributed by atoms with E-state index < -0.39 is 0 Å². The van der Waals surface area contributed by atoms with Gasteiger partial charge in [-0.15, -0.1) is 0 Å². The molecule has 1 aliphatic rings. The van der Waals surface area contributed by atoms with E-state index in [9.17, 15) is 9.18 Å². The number of carbonyl (C=O) groups excluding carboxylic acids is 1. The second-order valence-electron chi connectivity index (χ2n) is 7.57. The molecule has 0 N–H and O–H groups in total. The Morgan fingerprint density at radius 2 is 2.03 bits per heavy atom. The van der Waals surface area contributed by atoms with E-state index in [1.54, 1.807) is 18.2 Å². The Balaban J connectivity index is 1.35. The number of para-hydroxylation sites is 1. The first-order valence-corrected chi connectivity index (χ1v) is 10.3. The third-order valence-corrected chi connectivity index (χ3v) is 5.43. The van der Waals surface area contributed by atoms with Crippen LogP contribution in [0.15, 0.2) is 59.1 Å². The number of piperidine rings is 1. The fourth-order valence-corrected chi connectivity index (χ4v) is 3.80. The Hall–Kier alpha value is -3.35. The first-order valence-electron chi connectivity index (χ1n) is 10.3. The van der Waals surface area contributed by atoms with Crippen molar-refractivity contribution in [1.82, 2.24) is 9.88 Å². The van der Waals surface area contributed by atoms with Gasteiger partial charge in [-0.1, -0.05) is 18.2 Å². The lowest BCUT2D eigenvalue weighted by Crippen LogP contribution is -2.41. The van der Waals surface area contributed by atoms with Crippen molar-refractivity contribution in [2.45, 2.75) is 25.2 Å². The highest BCUT2D eigenvalue weighted by molar-refractivity contribution is 5.78. The van der Waals surface area contributed by atoms with Gasteiger partial charge in [0.15, 0.2) is 12.5 Å². The Bertz CT molecular complexity index is 1020. The van der Waals surface area contributed by atoms with Gasteiger partial charge in [0, 0.05) is 25.1 Å². The van der Waals surface area contributed by atoms with Gasteiger partial charge in [0.1, 0.15) is 23.1 Å². The standard InChI is InChI=1S/C24H25FN2O4/c1-29-22-7-3-2-5-17(22)13-21-14-26-24(31-21)18-6-4-12-27(15-18)23(28)16-30-20-10-8-19(25)9-11-20/h2-3,5,7-11,14,18H,4,6,12-13,15-16H2,1H3. The predicted molar refractivity (Wildman–Crippen MR) is 113 cm³/mol. The number of halogens is 1. The van der Waals surface area contributed by atoms with Crippen LogP contribution >= 0.6 is 0 Å². The molecule has 31 heavy (non-hydrogen) atoms. The lowest BCUT2D eigenvalue weighted by molar-refractivity contribution is -0.134. The number of carbonyl (C=O) groups is 1. The molecule has 0 aliphatic carbocycles. The van der Waals surface area contributed by atoms with Crippen molar-refractivity contribution in [2.24, 2.45) is 0 Å². The van der Waals surface area contributed by atoms with Crippen LogP contribution in [0.3, 0.4) is 0 Å². The van der Waals surface area contributed by atoms with Crippen LogP contribution in [0, 0.1) is 5.82 Å². The lowest BCUT2D eigenvalue weighted by atomic mass is 9.98. The molecule has 1 aliphatic heterocycles. The Labute approximate surface area is 180 Å². The predicted octanol–water partition coefficient (Wildman–Crippen LogP) is 4.20. The molecule has 1 atom stereocenters. The van der Waals surface area contributed by atoms with Crippen LogP contribution in [-0.2, 0) is 11.2 Å². The highest BCUT2D eigenvalue weighted by Crippen LogP contribution is 2.28. The summed E-state index contributed by atoms with van der Waals surface area (Å²) in [6.07, 6.45) is 4.13. The monoisotopic (exact) mass is 424 g/mol. The third kappa shape index (κ3) is 5.23. The van der Waals surface area contributed by atoms with Crippen LogP contribution in [0.25, 0.3) is 0 Å². The molecule has 1 fully saturated rings. The summed E-state index contributed by atoms with van der Waals surface area (Å²) in [6, 6.07) is 13.5. The molecule has 6 nitrogen and oxygen atoms in total. The van der Waals surface area contributed by atoms with Crippen molar-refractivity contribution in [2.75, 3.05) is 26.8 Å². The topological polar surface area (TPSA) is 64.8 Å². The molecule has 162 valence electrons. The number of hydrogen-bond donors (Lipinski definition) is 0. The van der Waals surface area contributed by atoms with Crippen LogP contribution in [0.2, 0.25) is 0 Å². The number of likely N-dealkylation sites (tertiary alicyclic amines) is 1. The fraction of sp³-hybridized carbons (Fsp3) is 0.333. The number of oxazole rings is 1. The minimum Gasteiger partial charge on any atom is -0.496 e. The van der Waals surface area contributed by atoms with E-state index in [0.717, 1.165) is 29.9 Å². The molecule has 1 unspecified atom stereocenters. The molecular formula is C24H25FN2O4. The number of hydrogen-bond acceptors (Lipinski definition) is 5. The van der Waals surface area contributed by atoms with Gasteiger partial charge < -0.3 is 18.8 Å². The molecule has 1 aromatic heterocycles. The zero-order chi connectivity index (χ0) is 21.6. The number of aromatic nitrogens is 1. The molecule has 7 heteroatoms. The Morgan fingerprint density at radius 1 is 1.23 bits per heavy atom. The van der Waals surface area contributed by atoms with Crippen LogP contribution in [0.4, 0.5) is 4.39 Å². The number of amides is 1. The zero-order valence-electron chi connectivity index (χ0n) is 17.4. The zero-order valence-corrected chi connectivity index (χ0v) is 17.4. The normalized spacial score (nSPS) is 16.2. The molecule has 2 heterocycles. The molecule has 0 saturated carbocycles. The van der Waals surface area contributed by atoms with Crippen molar-refractivity contribution < 1.29 is 23.1 Å². The van der Waals surface area contributed by atoms with Crippen molar-refractivity contribution in [3.05, 3.63) is 77.8 Å². The van der Waals surface area contributed by atoms with Crippen molar-refractivity contribution in [1.29, 1.82) is 0 Å². The largest absolute Gasteiger partial charge is 0.496 e. The van der Waals surface area contributed by atoms with Gasteiger partial charge in [0.25, 0.3) is 5.91 Å². The van der Waals surface area contributed by atoms with Gasteiger partial charge >= 0.3 is 0 Å². The van der Waals surface area contributed by atoms with E-state index in [0.29, 0.717) is 31.2 Å². The van der Waals surface area contributed by atoms with Gasteiger partial charge in [-0.25, -0.2) is 9.37 Å². The average molecular weight is 424 g/mol. The molecule has 0 bridgehead atoms. The van der Waals surface area contributed by atoms with E-state index >= 15 is 0 Å². The number of ether oxygens (including phenoxy) is 2. The van der Waals surface area contributed by atoms with Crippen LogP contribution in [-0.4, -0.2) is 42.6 Å². The lowest BCUT2D eigenvalue weighted by Gasteiger charge is -2.31. The second-order valence-corrected chi connectivity index (χ2v) is 7.57. The number of rotatable bonds is 7. The van der Waals surface area contributed by atoms with Gasteiger partial charge in [0.2, 0.25) is 0 Å². The highest BCUT2D eigenvalue weighted by atomic mass is 19.1. The maximum atomic E-state index is 13.0. The maximum Gasteiger partial charge on any atom is 0.260 e. The van der Waals surface area contributed by atoms with Gasteiger partial charge in [0.05, 0.1) is 19.2 Å². The number of benzene rings is 2. The highest BCUT2D eigenvalue weighted by Gasteiger charge is 2.28. The number of nitrogens with zero attached hydrogens (tertiary/aromatic N) is 2. The van der Waals surface area contributed by atoms with Crippen LogP contribution < -0.4 is 9.47 Å². The quantitative estimate of drug-likeness (QED) is 0.569. The summed E-state index contributed by atoms with van der Waals surface area (Å²) in [5, 5.41) is 0. The summed E-state index contributed by atoms with van der Waals surface area (Å²) in [5.41, 5.74) is 1.03. The fourth-order valence-electron chi connectivity index (χ4n) is 3.80. The maximum absolute atomic E-state index is 13.0. The third-order valence-electron chi connectivity index (χ3n) is 5.43. The van der Waals surface area contributed by atoms with Crippen molar-refractivity contribution in [3.63, 3.8) is 0 Å². The summed E-state index contributed by atoms with van der Waals surface area (Å²) in [5.74, 6) is 2.32. The summed E-state index contributed by atoms with van der Waals surface area (Å²) >= 11 is 0. The molecule has 0 spiro atoms. The first-order chi connectivity index (χ1) is 15.1. The van der Waals surface area contributed by atoms with E-state index in [1.165, 1.54) is 24.3 Å². The minimum absolute atomic E-state index is 0.0509. The molecule has 2 aromatic carbocycles. The second kappa shape index (κ2) is 9.64. The van der Waals surface area contributed by atoms with E-state index in [-0.39, 0.29) is 24.2 Å². The number of methoxy groups -OCH3 is 1. The molecular weight excluding hydrogens is 399 g/mol. The van der Waals surface area contributed by atoms with Gasteiger partial charge in [-0.3, -0.25) is 4.79 Å². The minimum atomic E-state index is -0.339. The molecule has 3 aromatic rings. The summed E-state index contributed by atoms with van der Waals surface area (Å²) in [4.78, 5) is 18.8. The molecule has 1 saturated heterocycles. The first kappa shape index (κ1) is 20.9. The molecule has 1 amide bonds. The van der Waals surface area contributed by atoms with E-state index in [1.807, 2.05) is 24.3 Å². The van der Waals surface area contributed by atoms with Gasteiger partial charge in [-0.2, -0.15) is 0 Å². The molecule has 4 rings (SSSR count). The van der Waals surface area contributed by atoms with E-state index in [2.05, 4.69) is 4.98 Å². The average Bonchev–Trinajstić information content (AvgIpc) is 3.27. The SMILES string of the molecule is COc1ccccc1Cc1cnc(C2CCCN(C(=O)COc3ccc(F)cc3)C2)o1. The Morgan fingerprint density at radius 3 is 2.84 bits per heavy atom. The smallest absolute Gasteiger partial charge is 0.260 e. The van der Waals surface area contributed by atoms with Crippen molar-refractivity contribution >= 4 is 5.91 Å². The summed E-state index contributed by atoms with van der Waals surface area (Å²) in [6.45, 7) is 1.14. The Kier molecular flexibility index (Phi) is 6.50. The summed E-state index contributed by atoms with van der Waals surface area (Å²) in [7, 11) is 1.65. The van der Waals surface area contributed by atoms with Crippen LogP contribution in [0.1, 0.15) is 36.0 Å². The van der Waals surface area contributed by atoms with Crippen molar-refractivity contribution in [3.8, 4) is 11.5 Å². The van der Waals surface area contributed by atoms with E-state index in [4.69, 9.17) is 13.9 Å². The molecule has 0 radical (unpaired) electrons.